The van der Waals surface area contributed by atoms with Crippen LogP contribution in [0.4, 0.5) is 5.69 Å². The van der Waals surface area contributed by atoms with E-state index in [1.807, 2.05) is 56.3 Å². The van der Waals surface area contributed by atoms with Crippen LogP contribution in [0.15, 0.2) is 47.0 Å². The van der Waals surface area contributed by atoms with Crippen LogP contribution in [-0.4, -0.2) is 10.1 Å². The molecule has 0 atom stereocenters. The minimum absolute atomic E-state index is 0.528. The number of nitrogen functional groups attached to an aromatic ring is 1. The summed E-state index contributed by atoms with van der Waals surface area (Å²) in [5, 5.41) is 4.06. The molecule has 0 spiro atoms. The highest BCUT2D eigenvalue weighted by molar-refractivity contribution is 5.69. The Labute approximate surface area is 117 Å². The van der Waals surface area contributed by atoms with Gasteiger partial charge in [-0.3, -0.25) is 0 Å². The van der Waals surface area contributed by atoms with Gasteiger partial charge in [0.05, 0.1) is 0 Å². The van der Waals surface area contributed by atoms with Gasteiger partial charge in [0.15, 0.2) is 0 Å². The quantitative estimate of drug-likeness (QED) is 0.719. The van der Waals surface area contributed by atoms with E-state index in [-0.39, 0.29) is 0 Å². The van der Waals surface area contributed by atoms with Crippen molar-refractivity contribution in [1.29, 1.82) is 0 Å². The number of aryl methyl sites for hydroxylation is 1. The van der Waals surface area contributed by atoms with Gasteiger partial charge in [-0.15, -0.1) is 0 Å². The van der Waals surface area contributed by atoms with Crippen LogP contribution in [0.2, 0.25) is 0 Å². The highest BCUT2D eigenvalue weighted by atomic mass is 16.5. The molecular formula is C16H15N3O. The van der Waals surface area contributed by atoms with Crippen LogP contribution in [0.1, 0.15) is 11.1 Å². The molecule has 0 unspecified atom stereocenters. The molecule has 0 bridgehead atoms. The van der Waals surface area contributed by atoms with Gasteiger partial charge in [-0.2, -0.15) is 4.98 Å². The molecule has 0 radical (unpaired) electrons. The minimum Gasteiger partial charge on any atom is -0.398 e. The molecule has 0 aliphatic carbocycles. The van der Waals surface area contributed by atoms with Gasteiger partial charge in [-0.1, -0.05) is 35.5 Å². The maximum atomic E-state index is 5.91. The Morgan fingerprint density at radius 1 is 0.950 bits per heavy atom. The zero-order chi connectivity index (χ0) is 14.1. The van der Waals surface area contributed by atoms with Gasteiger partial charge in [-0.25, -0.2) is 0 Å². The average Bonchev–Trinajstić information content (AvgIpc) is 2.92. The Morgan fingerprint density at radius 3 is 2.50 bits per heavy atom. The summed E-state index contributed by atoms with van der Waals surface area (Å²) in [6.07, 6.45) is 0. The summed E-state index contributed by atoms with van der Waals surface area (Å²) in [5.41, 5.74) is 10.6. The number of hydrogen-bond acceptors (Lipinski definition) is 4. The monoisotopic (exact) mass is 265 g/mol. The Bertz CT molecular complexity index is 762. The number of benzene rings is 2. The van der Waals surface area contributed by atoms with Crippen molar-refractivity contribution in [3.05, 3.63) is 53.6 Å². The highest BCUT2D eigenvalue weighted by Crippen LogP contribution is 2.28. The molecule has 3 rings (SSSR count). The third-order valence-corrected chi connectivity index (χ3v) is 3.42. The summed E-state index contributed by atoms with van der Waals surface area (Å²) >= 11 is 0. The van der Waals surface area contributed by atoms with Crippen molar-refractivity contribution in [2.45, 2.75) is 13.8 Å². The second-order valence-electron chi connectivity index (χ2n) is 4.76. The molecule has 0 fully saturated rings. The number of aromatic nitrogens is 2. The van der Waals surface area contributed by atoms with Crippen LogP contribution in [-0.2, 0) is 0 Å². The predicted molar refractivity (Wildman–Crippen MR) is 79.1 cm³/mol. The van der Waals surface area contributed by atoms with E-state index in [1.54, 1.807) is 0 Å². The zero-order valence-corrected chi connectivity index (χ0v) is 11.4. The van der Waals surface area contributed by atoms with Gasteiger partial charge in [0.25, 0.3) is 5.89 Å². The second kappa shape index (κ2) is 4.81. The largest absolute Gasteiger partial charge is 0.398 e. The van der Waals surface area contributed by atoms with E-state index in [0.29, 0.717) is 11.7 Å². The van der Waals surface area contributed by atoms with Crippen LogP contribution in [0.25, 0.3) is 22.8 Å². The number of hydrogen-bond donors (Lipinski definition) is 1. The van der Waals surface area contributed by atoms with E-state index >= 15 is 0 Å². The first-order chi connectivity index (χ1) is 9.66. The van der Waals surface area contributed by atoms with Crippen molar-refractivity contribution in [1.82, 2.24) is 10.1 Å². The van der Waals surface area contributed by atoms with Gasteiger partial charge in [-0.05, 0) is 37.1 Å². The fourth-order valence-electron chi connectivity index (χ4n) is 2.15. The van der Waals surface area contributed by atoms with E-state index in [1.165, 1.54) is 0 Å². The van der Waals surface area contributed by atoms with Crippen molar-refractivity contribution in [2.24, 2.45) is 0 Å². The molecular weight excluding hydrogens is 250 g/mol. The molecule has 20 heavy (non-hydrogen) atoms. The van der Waals surface area contributed by atoms with Crippen LogP contribution < -0.4 is 5.73 Å². The van der Waals surface area contributed by atoms with Crippen molar-refractivity contribution in [2.75, 3.05) is 5.73 Å². The minimum atomic E-state index is 0.528. The maximum Gasteiger partial charge on any atom is 0.258 e. The third-order valence-electron chi connectivity index (χ3n) is 3.42. The molecule has 0 aliphatic heterocycles. The Kier molecular flexibility index (Phi) is 2.99. The molecule has 2 N–H and O–H groups in total. The lowest BCUT2D eigenvalue weighted by atomic mass is 10.1. The normalized spacial score (nSPS) is 10.7. The SMILES string of the molecule is Cc1ccccc1-c1nc(-c2cccc(N)c2C)no1. The van der Waals surface area contributed by atoms with E-state index in [0.717, 1.165) is 27.9 Å². The fraction of sp³-hybridized carbons (Fsp3) is 0.125. The smallest absolute Gasteiger partial charge is 0.258 e. The van der Waals surface area contributed by atoms with Gasteiger partial charge in [0, 0.05) is 16.8 Å². The van der Waals surface area contributed by atoms with E-state index < -0.39 is 0 Å². The van der Waals surface area contributed by atoms with E-state index in [4.69, 9.17) is 10.3 Å². The molecule has 0 saturated heterocycles. The fourth-order valence-corrected chi connectivity index (χ4v) is 2.15. The Hall–Kier alpha value is -2.62. The first-order valence-corrected chi connectivity index (χ1v) is 6.42. The van der Waals surface area contributed by atoms with Crippen LogP contribution in [0, 0.1) is 13.8 Å². The Morgan fingerprint density at radius 2 is 1.70 bits per heavy atom. The van der Waals surface area contributed by atoms with Crippen LogP contribution in [0.5, 0.6) is 0 Å². The molecule has 0 aliphatic rings. The summed E-state index contributed by atoms with van der Waals surface area (Å²) < 4.78 is 5.38. The van der Waals surface area contributed by atoms with Crippen molar-refractivity contribution in [3.8, 4) is 22.8 Å². The van der Waals surface area contributed by atoms with Crippen LogP contribution in [0.3, 0.4) is 0 Å². The van der Waals surface area contributed by atoms with Gasteiger partial charge >= 0.3 is 0 Å². The van der Waals surface area contributed by atoms with Gasteiger partial charge < -0.3 is 10.3 Å². The number of nitrogens with zero attached hydrogens (tertiary/aromatic N) is 2. The van der Waals surface area contributed by atoms with Crippen molar-refractivity contribution in [3.63, 3.8) is 0 Å². The van der Waals surface area contributed by atoms with Crippen LogP contribution >= 0.6 is 0 Å². The lowest BCUT2D eigenvalue weighted by Gasteiger charge is -2.03. The van der Waals surface area contributed by atoms with Crippen molar-refractivity contribution < 1.29 is 4.52 Å². The third kappa shape index (κ3) is 2.05. The zero-order valence-electron chi connectivity index (χ0n) is 11.4. The second-order valence-corrected chi connectivity index (χ2v) is 4.76. The molecule has 0 saturated carbocycles. The van der Waals surface area contributed by atoms with E-state index in [9.17, 15) is 0 Å². The van der Waals surface area contributed by atoms with Gasteiger partial charge in [0.2, 0.25) is 5.82 Å². The number of nitrogens with two attached hydrogens (primary N) is 1. The molecule has 3 aromatic rings. The first kappa shape index (κ1) is 12.4. The Balaban J connectivity index is 2.07. The first-order valence-electron chi connectivity index (χ1n) is 6.42. The summed E-state index contributed by atoms with van der Waals surface area (Å²) in [5.74, 6) is 1.09. The summed E-state index contributed by atoms with van der Waals surface area (Å²) in [7, 11) is 0. The van der Waals surface area contributed by atoms with E-state index in [2.05, 4.69) is 10.1 Å². The van der Waals surface area contributed by atoms with Gasteiger partial charge in [0.1, 0.15) is 0 Å². The molecule has 100 valence electrons. The molecule has 1 heterocycles. The maximum absolute atomic E-state index is 5.91. The molecule has 0 amide bonds. The standard InChI is InChI=1S/C16H15N3O/c1-10-6-3-4-7-12(10)16-18-15(19-20-16)13-8-5-9-14(17)11(13)2/h3-9H,17H2,1-2H3. The highest BCUT2D eigenvalue weighted by Gasteiger charge is 2.14. The summed E-state index contributed by atoms with van der Waals surface area (Å²) in [4.78, 5) is 4.48. The number of anilines is 1. The summed E-state index contributed by atoms with van der Waals surface area (Å²) in [6.45, 7) is 3.97. The van der Waals surface area contributed by atoms with Crippen molar-refractivity contribution >= 4 is 5.69 Å². The molecule has 4 nitrogen and oxygen atoms in total. The molecule has 2 aromatic carbocycles. The predicted octanol–water partition coefficient (Wildman–Crippen LogP) is 3.60. The number of rotatable bonds is 2. The average molecular weight is 265 g/mol. The lowest BCUT2D eigenvalue weighted by Crippen LogP contribution is -1.93. The molecule has 1 aromatic heterocycles. The topological polar surface area (TPSA) is 64.9 Å². The molecule has 4 heteroatoms. The summed E-state index contributed by atoms with van der Waals surface area (Å²) in [6, 6.07) is 13.6. The lowest BCUT2D eigenvalue weighted by molar-refractivity contribution is 0.432.